The van der Waals surface area contributed by atoms with E-state index in [1.165, 1.54) is 5.56 Å². The zero-order valence-electron chi connectivity index (χ0n) is 15.6. The van der Waals surface area contributed by atoms with Crippen molar-refractivity contribution in [3.63, 3.8) is 0 Å². The first-order valence-electron chi connectivity index (χ1n) is 9.30. The maximum absolute atomic E-state index is 5.89. The Morgan fingerprint density at radius 3 is 2.93 bits per heavy atom. The Hall–Kier alpha value is -3.02. The van der Waals surface area contributed by atoms with E-state index >= 15 is 0 Å². The van der Waals surface area contributed by atoms with Crippen LogP contribution in [-0.4, -0.2) is 33.1 Å². The molecule has 4 rings (SSSR count). The summed E-state index contributed by atoms with van der Waals surface area (Å²) in [4.78, 5) is 17.5. The van der Waals surface area contributed by atoms with Gasteiger partial charge in [0.2, 0.25) is 0 Å². The molecule has 0 aromatic carbocycles. The van der Waals surface area contributed by atoms with Gasteiger partial charge in [0, 0.05) is 47.7 Å². The van der Waals surface area contributed by atoms with Crippen LogP contribution in [0.25, 0.3) is 11.3 Å². The van der Waals surface area contributed by atoms with Gasteiger partial charge in [0.25, 0.3) is 0 Å². The molecular weight excluding hydrogens is 338 g/mol. The van der Waals surface area contributed by atoms with Gasteiger partial charge in [-0.15, -0.1) is 0 Å². The van der Waals surface area contributed by atoms with Gasteiger partial charge in [-0.25, -0.2) is 9.97 Å². The van der Waals surface area contributed by atoms with E-state index in [0.717, 1.165) is 60.2 Å². The van der Waals surface area contributed by atoms with Gasteiger partial charge < -0.3 is 10.1 Å². The smallest absolute Gasteiger partial charge is 0.144 e. The molecule has 0 fully saturated rings. The van der Waals surface area contributed by atoms with Gasteiger partial charge in [-0.2, -0.15) is 0 Å². The van der Waals surface area contributed by atoms with Crippen LogP contribution in [0.5, 0.6) is 5.75 Å². The quantitative estimate of drug-likeness (QED) is 0.745. The van der Waals surface area contributed by atoms with Gasteiger partial charge in [0.05, 0.1) is 18.0 Å². The van der Waals surface area contributed by atoms with Crippen molar-refractivity contribution in [2.75, 3.05) is 18.5 Å². The van der Waals surface area contributed by atoms with E-state index in [2.05, 4.69) is 38.2 Å². The maximum atomic E-state index is 5.89. The molecule has 27 heavy (non-hydrogen) atoms. The van der Waals surface area contributed by atoms with Gasteiger partial charge in [-0.05, 0) is 38.0 Å². The Morgan fingerprint density at radius 2 is 2.07 bits per heavy atom. The lowest BCUT2D eigenvalue weighted by atomic mass is 9.98. The molecule has 0 aliphatic carbocycles. The topological polar surface area (TPSA) is 72.8 Å². The summed E-state index contributed by atoms with van der Waals surface area (Å²) >= 11 is 0. The number of nitrogens with zero attached hydrogens (tertiary/aromatic N) is 4. The average molecular weight is 361 g/mol. The van der Waals surface area contributed by atoms with Crippen molar-refractivity contribution >= 4 is 5.82 Å². The molecule has 0 amide bonds. The zero-order valence-corrected chi connectivity index (χ0v) is 15.6. The lowest BCUT2D eigenvalue weighted by Gasteiger charge is -2.22. The Morgan fingerprint density at radius 1 is 1.15 bits per heavy atom. The van der Waals surface area contributed by atoms with E-state index in [9.17, 15) is 0 Å². The SMILES string of the molecule is Cc1ccc(-c2cc(NC[C@@H](C)c3ccnc4c3OCCC4)ncn2)cn1. The second kappa shape index (κ2) is 7.70. The van der Waals surface area contributed by atoms with Crippen LogP contribution in [0.3, 0.4) is 0 Å². The molecule has 6 nitrogen and oxygen atoms in total. The van der Waals surface area contributed by atoms with Crippen LogP contribution < -0.4 is 10.1 Å². The Kier molecular flexibility index (Phi) is 4.96. The second-order valence-electron chi connectivity index (χ2n) is 6.89. The summed E-state index contributed by atoms with van der Waals surface area (Å²) in [6.45, 7) is 5.68. The fourth-order valence-corrected chi connectivity index (χ4v) is 3.25. The highest BCUT2D eigenvalue weighted by atomic mass is 16.5. The summed E-state index contributed by atoms with van der Waals surface area (Å²) in [5.41, 5.74) is 5.10. The third-order valence-electron chi connectivity index (χ3n) is 4.81. The second-order valence-corrected chi connectivity index (χ2v) is 6.89. The van der Waals surface area contributed by atoms with Crippen molar-refractivity contribution in [2.24, 2.45) is 0 Å². The standard InChI is InChI=1S/C21H23N5O/c1-14(17-7-8-22-18-4-3-9-27-21(17)18)11-24-20-10-19(25-13-26-20)16-6-5-15(2)23-12-16/h5-8,10,12-14H,3-4,9,11H2,1-2H3,(H,24,25,26)/t14-/m1/s1. The number of hydrogen-bond acceptors (Lipinski definition) is 6. The highest BCUT2D eigenvalue weighted by molar-refractivity contribution is 5.61. The van der Waals surface area contributed by atoms with E-state index in [4.69, 9.17) is 4.74 Å². The molecule has 3 aromatic heterocycles. The predicted octanol–water partition coefficient (Wildman–Crippen LogP) is 3.78. The van der Waals surface area contributed by atoms with Crippen molar-refractivity contribution in [3.05, 3.63) is 59.9 Å². The highest BCUT2D eigenvalue weighted by Crippen LogP contribution is 2.32. The minimum Gasteiger partial charge on any atom is -0.491 e. The normalized spacial score (nSPS) is 14.1. The van der Waals surface area contributed by atoms with E-state index < -0.39 is 0 Å². The lowest BCUT2D eigenvalue weighted by Crippen LogP contribution is -2.16. The third kappa shape index (κ3) is 3.89. The molecule has 4 heterocycles. The summed E-state index contributed by atoms with van der Waals surface area (Å²) in [5.74, 6) is 2.04. The van der Waals surface area contributed by atoms with Crippen LogP contribution in [0.1, 0.15) is 36.2 Å². The van der Waals surface area contributed by atoms with Crippen LogP contribution >= 0.6 is 0 Å². The number of aryl methyl sites for hydroxylation is 2. The predicted molar refractivity (Wildman–Crippen MR) is 105 cm³/mol. The molecule has 0 saturated carbocycles. The summed E-state index contributed by atoms with van der Waals surface area (Å²) < 4.78 is 5.89. The Labute approximate surface area is 159 Å². The number of anilines is 1. The zero-order chi connectivity index (χ0) is 18.6. The molecule has 0 radical (unpaired) electrons. The van der Waals surface area contributed by atoms with E-state index in [1.807, 2.05) is 37.5 Å². The summed E-state index contributed by atoms with van der Waals surface area (Å²) in [6, 6.07) is 8.02. The van der Waals surface area contributed by atoms with Gasteiger partial charge in [0.15, 0.2) is 0 Å². The van der Waals surface area contributed by atoms with E-state index in [0.29, 0.717) is 0 Å². The molecule has 0 unspecified atom stereocenters. The van der Waals surface area contributed by atoms with E-state index in [1.54, 1.807) is 6.33 Å². The van der Waals surface area contributed by atoms with Crippen LogP contribution in [0.2, 0.25) is 0 Å². The highest BCUT2D eigenvalue weighted by Gasteiger charge is 2.19. The van der Waals surface area contributed by atoms with Gasteiger partial charge in [0.1, 0.15) is 17.9 Å². The van der Waals surface area contributed by atoms with E-state index in [-0.39, 0.29) is 5.92 Å². The molecule has 0 bridgehead atoms. The Balaban J connectivity index is 1.48. The number of fused-ring (bicyclic) bond motifs is 1. The van der Waals surface area contributed by atoms with Crippen molar-refractivity contribution in [1.29, 1.82) is 0 Å². The first kappa shape index (κ1) is 17.4. The molecule has 0 saturated heterocycles. The van der Waals surface area contributed by atoms with Crippen molar-refractivity contribution < 1.29 is 4.74 Å². The van der Waals surface area contributed by atoms with Crippen molar-refractivity contribution in [2.45, 2.75) is 32.6 Å². The summed E-state index contributed by atoms with van der Waals surface area (Å²) in [6.07, 6.45) is 7.33. The molecule has 0 spiro atoms. The van der Waals surface area contributed by atoms with Gasteiger partial charge in [-0.1, -0.05) is 6.92 Å². The molecular formula is C21H23N5O. The molecule has 138 valence electrons. The van der Waals surface area contributed by atoms with Gasteiger partial charge in [-0.3, -0.25) is 9.97 Å². The van der Waals surface area contributed by atoms with Gasteiger partial charge >= 0.3 is 0 Å². The molecule has 1 aliphatic rings. The van der Waals surface area contributed by atoms with Crippen LogP contribution in [0.4, 0.5) is 5.82 Å². The first-order valence-corrected chi connectivity index (χ1v) is 9.30. The van der Waals surface area contributed by atoms with Crippen LogP contribution in [0.15, 0.2) is 43.0 Å². The molecule has 1 N–H and O–H groups in total. The molecule has 1 atom stereocenters. The molecule has 1 aliphatic heterocycles. The number of pyridine rings is 2. The lowest BCUT2D eigenvalue weighted by molar-refractivity contribution is 0.280. The maximum Gasteiger partial charge on any atom is 0.144 e. The number of hydrogen-bond donors (Lipinski definition) is 1. The number of rotatable bonds is 5. The monoisotopic (exact) mass is 361 g/mol. The summed E-state index contributed by atoms with van der Waals surface area (Å²) in [5, 5.41) is 3.42. The number of aromatic nitrogens is 4. The van der Waals surface area contributed by atoms with Crippen LogP contribution in [-0.2, 0) is 6.42 Å². The largest absolute Gasteiger partial charge is 0.491 e. The van der Waals surface area contributed by atoms with Crippen LogP contribution in [0, 0.1) is 6.92 Å². The molecule has 6 heteroatoms. The Bertz CT molecular complexity index is 926. The number of ether oxygens (including phenoxy) is 1. The minimum absolute atomic E-state index is 0.277. The first-order chi connectivity index (χ1) is 13.2. The fraction of sp³-hybridized carbons (Fsp3) is 0.333. The van der Waals surface area contributed by atoms with Crippen molar-refractivity contribution in [3.8, 4) is 17.0 Å². The third-order valence-corrected chi connectivity index (χ3v) is 4.81. The fourth-order valence-electron chi connectivity index (χ4n) is 3.25. The van der Waals surface area contributed by atoms with Crippen molar-refractivity contribution in [1.82, 2.24) is 19.9 Å². The number of nitrogens with one attached hydrogen (secondary N) is 1. The average Bonchev–Trinajstić information content (AvgIpc) is 2.72. The summed E-state index contributed by atoms with van der Waals surface area (Å²) in [7, 11) is 0. The minimum atomic E-state index is 0.277. The molecule has 3 aromatic rings.